The molecular formula is C17H25NO3. The predicted octanol–water partition coefficient (Wildman–Crippen LogP) is 4.01. The van der Waals surface area contributed by atoms with Crippen molar-refractivity contribution in [3.63, 3.8) is 0 Å². The Hall–Kier alpha value is -1.97. The molecule has 0 bridgehead atoms. The molecule has 4 heteroatoms. The zero-order valence-electron chi connectivity index (χ0n) is 13.3. The van der Waals surface area contributed by atoms with Crippen LogP contribution in [-0.2, 0) is 4.74 Å². The fourth-order valence-corrected chi connectivity index (χ4v) is 1.69. The zero-order chi connectivity index (χ0) is 15.7. The number of alkyl carbamates (subject to hydrolysis) is 1. The molecule has 1 amide bonds. The fraction of sp³-hybridized carbons (Fsp3) is 0.471. The van der Waals surface area contributed by atoms with Gasteiger partial charge in [0.15, 0.2) is 0 Å². The van der Waals surface area contributed by atoms with E-state index in [0.29, 0.717) is 13.2 Å². The molecule has 0 unspecified atom stereocenters. The largest absolute Gasteiger partial charge is 0.493 e. The van der Waals surface area contributed by atoms with E-state index in [-0.39, 0.29) is 6.09 Å². The summed E-state index contributed by atoms with van der Waals surface area (Å²) in [4.78, 5) is 11.5. The standard InChI is InChI=1S/C17H25NO3/c1-5-20-15-12-7-6-10-14(15)11-8-9-13-18-16(19)21-17(2,3)4/h6-8,10-12H,5,9,13H2,1-4H3,(H,18,19). The van der Waals surface area contributed by atoms with E-state index >= 15 is 0 Å². The highest BCUT2D eigenvalue weighted by Gasteiger charge is 2.15. The molecule has 0 fully saturated rings. The monoisotopic (exact) mass is 291 g/mol. The molecule has 0 atom stereocenters. The molecule has 1 rings (SSSR count). The van der Waals surface area contributed by atoms with Crippen molar-refractivity contribution < 1.29 is 14.3 Å². The number of hydrogen-bond acceptors (Lipinski definition) is 3. The summed E-state index contributed by atoms with van der Waals surface area (Å²) in [6.45, 7) is 8.68. The van der Waals surface area contributed by atoms with Gasteiger partial charge in [0.1, 0.15) is 11.4 Å². The summed E-state index contributed by atoms with van der Waals surface area (Å²) in [6, 6.07) is 7.87. The third-order valence-electron chi connectivity index (χ3n) is 2.50. The van der Waals surface area contributed by atoms with Crippen LogP contribution in [0.5, 0.6) is 5.75 Å². The smallest absolute Gasteiger partial charge is 0.407 e. The Kier molecular flexibility index (Phi) is 6.79. The van der Waals surface area contributed by atoms with Gasteiger partial charge < -0.3 is 14.8 Å². The molecule has 0 radical (unpaired) electrons. The molecule has 0 aliphatic carbocycles. The Morgan fingerprint density at radius 3 is 2.67 bits per heavy atom. The van der Waals surface area contributed by atoms with Gasteiger partial charge >= 0.3 is 6.09 Å². The van der Waals surface area contributed by atoms with E-state index in [0.717, 1.165) is 17.7 Å². The number of nitrogens with one attached hydrogen (secondary N) is 1. The van der Waals surface area contributed by atoms with Crippen molar-refractivity contribution in [1.29, 1.82) is 0 Å². The molecular weight excluding hydrogens is 266 g/mol. The number of ether oxygens (including phenoxy) is 2. The Bertz CT molecular complexity index is 475. The molecule has 21 heavy (non-hydrogen) atoms. The molecule has 0 aromatic heterocycles. The Morgan fingerprint density at radius 1 is 1.29 bits per heavy atom. The summed E-state index contributed by atoms with van der Waals surface area (Å²) in [7, 11) is 0. The highest BCUT2D eigenvalue weighted by molar-refractivity contribution is 5.67. The first-order chi connectivity index (χ1) is 9.92. The lowest BCUT2D eigenvalue weighted by Crippen LogP contribution is -2.32. The summed E-state index contributed by atoms with van der Waals surface area (Å²) in [5, 5.41) is 2.72. The third kappa shape index (κ3) is 7.40. The second-order valence-corrected chi connectivity index (χ2v) is 5.59. The SMILES string of the molecule is CCOc1ccccc1C=CCCNC(=O)OC(C)(C)C. The molecule has 1 aromatic carbocycles. The highest BCUT2D eigenvalue weighted by Crippen LogP contribution is 2.19. The Morgan fingerprint density at radius 2 is 2.00 bits per heavy atom. The Balaban J connectivity index is 2.37. The van der Waals surface area contributed by atoms with Gasteiger partial charge in [-0.3, -0.25) is 0 Å². The van der Waals surface area contributed by atoms with Gasteiger partial charge in [-0.15, -0.1) is 0 Å². The maximum absolute atomic E-state index is 11.5. The molecule has 1 aromatic rings. The van der Waals surface area contributed by atoms with Crippen molar-refractivity contribution in [2.24, 2.45) is 0 Å². The van der Waals surface area contributed by atoms with Crippen LogP contribution in [0, 0.1) is 0 Å². The van der Waals surface area contributed by atoms with Gasteiger partial charge in [-0.05, 0) is 40.2 Å². The molecule has 1 N–H and O–H groups in total. The molecule has 116 valence electrons. The summed E-state index contributed by atoms with van der Waals surface area (Å²) < 4.78 is 10.7. The lowest BCUT2D eigenvalue weighted by atomic mass is 10.2. The number of carbonyl (C=O) groups excluding carboxylic acids is 1. The molecule has 0 saturated heterocycles. The number of para-hydroxylation sites is 1. The number of amides is 1. The fourth-order valence-electron chi connectivity index (χ4n) is 1.69. The maximum atomic E-state index is 11.5. The Labute approximate surface area is 127 Å². The minimum Gasteiger partial charge on any atom is -0.493 e. The predicted molar refractivity (Wildman–Crippen MR) is 85.5 cm³/mol. The maximum Gasteiger partial charge on any atom is 0.407 e. The molecule has 4 nitrogen and oxygen atoms in total. The van der Waals surface area contributed by atoms with Crippen molar-refractivity contribution in [2.45, 2.75) is 39.7 Å². The van der Waals surface area contributed by atoms with Crippen LogP contribution in [0.15, 0.2) is 30.3 Å². The lowest BCUT2D eigenvalue weighted by molar-refractivity contribution is 0.0529. The second-order valence-electron chi connectivity index (χ2n) is 5.59. The van der Waals surface area contributed by atoms with Crippen LogP contribution in [0.4, 0.5) is 4.79 Å². The van der Waals surface area contributed by atoms with Crippen molar-refractivity contribution >= 4 is 12.2 Å². The van der Waals surface area contributed by atoms with E-state index in [1.807, 2.05) is 64.1 Å². The van der Waals surface area contributed by atoms with Crippen LogP contribution < -0.4 is 10.1 Å². The van der Waals surface area contributed by atoms with Gasteiger partial charge in [0, 0.05) is 12.1 Å². The summed E-state index contributed by atoms with van der Waals surface area (Å²) in [6.07, 6.45) is 4.36. The van der Waals surface area contributed by atoms with E-state index < -0.39 is 5.60 Å². The first-order valence-corrected chi connectivity index (χ1v) is 7.27. The van der Waals surface area contributed by atoms with Crippen LogP contribution >= 0.6 is 0 Å². The van der Waals surface area contributed by atoms with Crippen LogP contribution in [0.3, 0.4) is 0 Å². The quantitative estimate of drug-likeness (QED) is 0.805. The van der Waals surface area contributed by atoms with Crippen LogP contribution in [0.2, 0.25) is 0 Å². The number of carbonyl (C=O) groups is 1. The van der Waals surface area contributed by atoms with Crippen LogP contribution in [0.25, 0.3) is 6.08 Å². The normalized spacial score (nSPS) is 11.4. The van der Waals surface area contributed by atoms with Crippen molar-refractivity contribution in [3.05, 3.63) is 35.9 Å². The van der Waals surface area contributed by atoms with Gasteiger partial charge in [0.25, 0.3) is 0 Å². The van der Waals surface area contributed by atoms with Crippen LogP contribution in [0.1, 0.15) is 39.7 Å². The van der Waals surface area contributed by atoms with Gasteiger partial charge in [-0.25, -0.2) is 4.79 Å². The van der Waals surface area contributed by atoms with Gasteiger partial charge in [0.2, 0.25) is 0 Å². The van der Waals surface area contributed by atoms with Gasteiger partial charge in [-0.2, -0.15) is 0 Å². The summed E-state index contributed by atoms with van der Waals surface area (Å²) in [5.74, 6) is 0.872. The van der Waals surface area contributed by atoms with Crippen LogP contribution in [-0.4, -0.2) is 24.8 Å². The van der Waals surface area contributed by atoms with E-state index in [2.05, 4.69) is 5.32 Å². The zero-order valence-corrected chi connectivity index (χ0v) is 13.3. The first kappa shape index (κ1) is 17.1. The van der Waals surface area contributed by atoms with Crippen molar-refractivity contribution in [3.8, 4) is 5.75 Å². The number of benzene rings is 1. The second kappa shape index (κ2) is 8.35. The van der Waals surface area contributed by atoms with Crippen molar-refractivity contribution in [1.82, 2.24) is 5.32 Å². The minimum absolute atomic E-state index is 0.384. The molecule has 0 heterocycles. The van der Waals surface area contributed by atoms with E-state index in [1.165, 1.54) is 0 Å². The summed E-state index contributed by atoms with van der Waals surface area (Å²) in [5.41, 5.74) is 0.577. The topological polar surface area (TPSA) is 47.6 Å². The summed E-state index contributed by atoms with van der Waals surface area (Å²) >= 11 is 0. The number of hydrogen-bond donors (Lipinski definition) is 1. The van der Waals surface area contributed by atoms with Gasteiger partial charge in [-0.1, -0.05) is 30.4 Å². The number of rotatable bonds is 6. The first-order valence-electron chi connectivity index (χ1n) is 7.27. The third-order valence-corrected chi connectivity index (χ3v) is 2.50. The highest BCUT2D eigenvalue weighted by atomic mass is 16.6. The average Bonchev–Trinajstić information content (AvgIpc) is 2.38. The molecule has 0 saturated carbocycles. The average molecular weight is 291 g/mol. The van der Waals surface area contributed by atoms with Crippen molar-refractivity contribution in [2.75, 3.05) is 13.2 Å². The van der Waals surface area contributed by atoms with E-state index in [9.17, 15) is 4.79 Å². The van der Waals surface area contributed by atoms with E-state index in [1.54, 1.807) is 0 Å². The van der Waals surface area contributed by atoms with Gasteiger partial charge in [0.05, 0.1) is 6.61 Å². The molecule has 0 aliphatic rings. The molecule has 0 spiro atoms. The minimum atomic E-state index is -0.462. The molecule has 0 aliphatic heterocycles. The lowest BCUT2D eigenvalue weighted by Gasteiger charge is -2.19. The van der Waals surface area contributed by atoms with E-state index in [4.69, 9.17) is 9.47 Å².